The zero-order valence-corrected chi connectivity index (χ0v) is 9.47. The maximum atomic E-state index is 5.80. The number of likely N-dealkylation sites (N-methyl/N-ethyl adjacent to an activating group) is 1. The summed E-state index contributed by atoms with van der Waals surface area (Å²) in [6.45, 7) is 8.49. The number of nitrogens with zero attached hydrogens (tertiary/aromatic N) is 1. The molecule has 0 radical (unpaired) electrons. The minimum atomic E-state index is 0.0122. The van der Waals surface area contributed by atoms with E-state index in [0.717, 1.165) is 6.61 Å². The van der Waals surface area contributed by atoms with Crippen molar-refractivity contribution in [2.24, 2.45) is 0 Å². The molecule has 13 heavy (non-hydrogen) atoms. The maximum absolute atomic E-state index is 5.80. The van der Waals surface area contributed by atoms with Crippen molar-refractivity contribution in [2.75, 3.05) is 20.2 Å². The number of piperidine rings is 1. The molecule has 1 saturated heterocycles. The first-order chi connectivity index (χ1) is 5.99. The second kappa shape index (κ2) is 4.43. The summed E-state index contributed by atoms with van der Waals surface area (Å²) < 4.78 is 5.80. The lowest BCUT2D eigenvalue weighted by molar-refractivity contribution is -0.0379. The van der Waals surface area contributed by atoms with E-state index in [1.165, 1.54) is 25.8 Å². The molecule has 0 spiro atoms. The van der Waals surface area contributed by atoms with Crippen LogP contribution in [0.15, 0.2) is 0 Å². The smallest absolute Gasteiger partial charge is 0.0628 e. The van der Waals surface area contributed by atoms with Gasteiger partial charge in [-0.2, -0.15) is 0 Å². The Morgan fingerprint density at radius 2 is 2.00 bits per heavy atom. The average molecular weight is 185 g/mol. The van der Waals surface area contributed by atoms with E-state index in [4.69, 9.17) is 4.74 Å². The largest absolute Gasteiger partial charge is 0.374 e. The monoisotopic (exact) mass is 185 g/mol. The van der Waals surface area contributed by atoms with Crippen LogP contribution in [0.2, 0.25) is 0 Å². The Bertz CT molecular complexity index is 151. The van der Waals surface area contributed by atoms with Crippen molar-refractivity contribution in [1.29, 1.82) is 0 Å². The van der Waals surface area contributed by atoms with E-state index in [-0.39, 0.29) is 5.60 Å². The Morgan fingerprint density at radius 1 is 1.31 bits per heavy atom. The Balaban J connectivity index is 2.27. The molecule has 0 aliphatic carbocycles. The summed E-state index contributed by atoms with van der Waals surface area (Å²) in [6, 6.07) is 0.646. The molecule has 0 amide bonds. The van der Waals surface area contributed by atoms with E-state index < -0.39 is 0 Å². The first kappa shape index (κ1) is 11.0. The summed E-state index contributed by atoms with van der Waals surface area (Å²) >= 11 is 0. The molecule has 1 atom stereocenters. The van der Waals surface area contributed by atoms with Gasteiger partial charge in [0, 0.05) is 6.04 Å². The van der Waals surface area contributed by atoms with Gasteiger partial charge in [0.25, 0.3) is 0 Å². The number of hydrogen-bond acceptors (Lipinski definition) is 2. The average Bonchev–Trinajstić information content (AvgIpc) is 2.01. The number of ether oxygens (including phenoxy) is 1. The quantitative estimate of drug-likeness (QED) is 0.654. The van der Waals surface area contributed by atoms with Crippen LogP contribution in [-0.4, -0.2) is 36.7 Å². The van der Waals surface area contributed by atoms with Crippen LogP contribution >= 0.6 is 0 Å². The molecule has 0 saturated carbocycles. The van der Waals surface area contributed by atoms with Gasteiger partial charge in [-0.3, -0.25) is 0 Å². The number of hydrogen-bond donors (Lipinski definition) is 0. The Labute approximate surface area is 82.3 Å². The van der Waals surface area contributed by atoms with E-state index in [2.05, 4.69) is 32.7 Å². The lowest BCUT2D eigenvalue weighted by Crippen LogP contribution is -2.41. The molecular formula is C11H23NO. The summed E-state index contributed by atoms with van der Waals surface area (Å²) in [5.74, 6) is 0. The van der Waals surface area contributed by atoms with Crippen molar-refractivity contribution >= 4 is 0 Å². The SMILES string of the molecule is CN1CCCC[C@H]1COC(C)(C)C. The molecule has 1 aliphatic heterocycles. The van der Waals surface area contributed by atoms with Crippen LogP contribution in [0, 0.1) is 0 Å². The van der Waals surface area contributed by atoms with Gasteiger partial charge in [0.05, 0.1) is 12.2 Å². The summed E-state index contributed by atoms with van der Waals surface area (Å²) in [5.41, 5.74) is 0.0122. The van der Waals surface area contributed by atoms with Gasteiger partial charge in [0.15, 0.2) is 0 Å². The molecule has 0 aromatic rings. The van der Waals surface area contributed by atoms with E-state index in [1.807, 2.05) is 0 Å². The molecule has 1 fully saturated rings. The zero-order valence-electron chi connectivity index (χ0n) is 9.47. The van der Waals surface area contributed by atoms with Crippen LogP contribution in [0.5, 0.6) is 0 Å². The fourth-order valence-electron chi connectivity index (χ4n) is 1.70. The molecule has 1 rings (SSSR count). The van der Waals surface area contributed by atoms with Crippen LogP contribution in [0.4, 0.5) is 0 Å². The lowest BCUT2D eigenvalue weighted by atomic mass is 10.0. The van der Waals surface area contributed by atoms with Crippen molar-refractivity contribution in [3.63, 3.8) is 0 Å². The van der Waals surface area contributed by atoms with E-state index in [1.54, 1.807) is 0 Å². The zero-order chi connectivity index (χ0) is 9.90. The molecule has 0 aromatic carbocycles. The summed E-state index contributed by atoms with van der Waals surface area (Å²) in [7, 11) is 2.20. The highest BCUT2D eigenvalue weighted by Crippen LogP contribution is 2.17. The summed E-state index contributed by atoms with van der Waals surface area (Å²) in [5, 5.41) is 0. The van der Waals surface area contributed by atoms with Crippen molar-refractivity contribution in [1.82, 2.24) is 4.90 Å². The Hall–Kier alpha value is -0.0800. The predicted octanol–water partition coefficient (Wildman–Crippen LogP) is 2.29. The fourth-order valence-corrected chi connectivity index (χ4v) is 1.70. The van der Waals surface area contributed by atoms with Gasteiger partial charge in [-0.1, -0.05) is 6.42 Å². The Kier molecular flexibility index (Phi) is 3.74. The summed E-state index contributed by atoms with van der Waals surface area (Å²) in [4.78, 5) is 2.43. The van der Waals surface area contributed by atoms with Gasteiger partial charge in [0.1, 0.15) is 0 Å². The number of likely N-dealkylation sites (tertiary alicyclic amines) is 1. The topological polar surface area (TPSA) is 12.5 Å². The minimum absolute atomic E-state index is 0.0122. The molecule has 0 N–H and O–H groups in total. The van der Waals surface area contributed by atoms with Gasteiger partial charge >= 0.3 is 0 Å². The third kappa shape index (κ3) is 4.10. The van der Waals surface area contributed by atoms with E-state index in [0.29, 0.717) is 6.04 Å². The minimum Gasteiger partial charge on any atom is -0.374 e. The van der Waals surface area contributed by atoms with Gasteiger partial charge in [-0.15, -0.1) is 0 Å². The third-order valence-corrected chi connectivity index (χ3v) is 2.63. The van der Waals surface area contributed by atoms with Gasteiger partial charge in [-0.25, -0.2) is 0 Å². The third-order valence-electron chi connectivity index (χ3n) is 2.63. The molecule has 0 bridgehead atoms. The van der Waals surface area contributed by atoms with Crippen LogP contribution < -0.4 is 0 Å². The molecule has 0 unspecified atom stereocenters. The molecule has 1 heterocycles. The van der Waals surface area contributed by atoms with Crippen molar-refractivity contribution in [3.05, 3.63) is 0 Å². The maximum Gasteiger partial charge on any atom is 0.0628 e. The standard InChI is InChI=1S/C11H23NO/c1-11(2,3)13-9-10-7-5-6-8-12(10)4/h10H,5-9H2,1-4H3/t10-/m0/s1. The van der Waals surface area contributed by atoms with Crippen LogP contribution in [0.3, 0.4) is 0 Å². The molecule has 1 aliphatic rings. The van der Waals surface area contributed by atoms with Gasteiger partial charge < -0.3 is 9.64 Å². The van der Waals surface area contributed by atoms with Crippen LogP contribution in [-0.2, 0) is 4.74 Å². The van der Waals surface area contributed by atoms with Crippen LogP contribution in [0.25, 0.3) is 0 Å². The van der Waals surface area contributed by atoms with Crippen molar-refractivity contribution in [2.45, 2.75) is 51.7 Å². The lowest BCUT2D eigenvalue weighted by Gasteiger charge is -2.34. The highest BCUT2D eigenvalue weighted by atomic mass is 16.5. The second-order valence-electron chi connectivity index (χ2n) is 5.05. The number of rotatable bonds is 2. The molecular weight excluding hydrogens is 162 g/mol. The molecule has 0 aromatic heterocycles. The highest BCUT2D eigenvalue weighted by molar-refractivity contribution is 4.74. The Morgan fingerprint density at radius 3 is 2.54 bits per heavy atom. The van der Waals surface area contributed by atoms with Crippen LogP contribution in [0.1, 0.15) is 40.0 Å². The van der Waals surface area contributed by atoms with E-state index >= 15 is 0 Å². The second-order valence-corrected chi connectivity index (χ2v) is 5.05. The van der Waals surface area contributed by atoms with Gasteiger partial charge in [-0.05, 0) is 47.2 Å². The van der Waals surface area contributed by atoms with Gasteiger partial charge in [0.2, 0.25) is 0 Å². The predicted molar refractivity (Wildman–Crippen MR) is 56.0 cm³/mol. The molecule has 2 nitrogen and oxygen atoms in total. The van der Waals surface area contributed by atoms with Crippen molar-refractivity contribution < 1.29 is 4.74 Å². The summed E-state index contributed by atoms with van der Waals surface area (Å²) in [6.07, 6.45) is 4.01. The first-order valence-electron chi connectivity index (χ1n) is 5.33. The van der Waals surface area contributed by atoms with E-state index in [9.17, 15) is 0 Å². The molecule has 78 valence electrons. The first-order valence-corrected chi connectivity index (χ1v) is 5.33. The molecule has 2 heteroatoms. The fraction of sp³-hybridized carbons (Fsp3) is 1.00. The normalized spacial score (nSPS) is 26.3. The van der Waals surface area contributed by atoms with Crippen molar-refractivity contribution in [3.8, 4) is 0 Å². The highest BCUT2D eigenvalue weighted by Gasteiger charge is 2.21.